The van der Waals surface area contributed by atoms with Crippen LogP contribution < -0.4 is 16.0 Å². The summed E-state index contributed by atoms with van der Waals surface area (Å²) in [5.74, 6) is -0.765. The molecule has 1 fully saturated rings. The van der Waals surface area contributed by atoms with Crippen molar-refractivity contribution in [3.8, 4) is 11.1 Å². The third-order valence-electron chi connectivity index (χ3n) is 4.32. The number of rotatable bonds is 5. The molecule has 1 aliphatic heterocycles. The Morgan fingerprint density at radius 3 is 2.68 bits per heavy atom. The average Bonchev–Trinajstić information content (AvgIpc) is 3.06. The second-order valence-corrected chi connectivity index (χ2v) is 6.28. The highest BCUT2D eigenvalue weighted by Gasteiger charge is 2.32. The Balaban J connectivity index is 1.77. The molecule has 0 unspecified atom stereocenters. The van der Waals surface area contributed by atoms with Crippen LogP contribution in [0, 0.1) is 5.82 Å². The van der Waals surface area contributed by atoms with Gasteiger partial charge in [-0.25, -0.2) is 9.18 Å². The van der Waals surface area contributed by atoms with Gasteiger partial charge >= 0.3 is 6.09 Å². The zero-order chi connectivity index (χ0) is 20.3. The van der Waals surface area contributed by atoms with Gasteiger partial charge in [-0.15, -0.1) is 0 Å². The van der Waals surface area contributed by atoms with Gasteiger partial charge in [-0.05, 0) is 23.8 Å². The predicted octanol–water partition coefficient (Wildman–Crippen LogP) is 2.05. The molecule has 3 rings (SSSR count). The van der Waals surface area contributed by atoms with Gasteiger partial charge in [-0.3, -0.25) is 9.69 Å². The number of carbonyl (C=O) groups is 2. The van der Waals surface area contributed by atoms with Crippen LogP contribution in [0.5, 0.6) is 0 Å². The lowest BCUT2D eigenvalue weighted by Crippen LogP contribution is -2.33. The first-order chi connectivity index (χ1) is 13.4. The number of anilines is 1. The second-order valence-electron chi connectivity index (χ2n) is 6.28. The fourth-order valence-corrected chi connectivity index (χ4v) is 2.88. The molecule has 4 N–H and O–H groups in total. The van der Waals surface area contributed by atoms with Gasteiger partial charge in [0.05, 0.1) is 18.8 Å². The molecule has 8 nitrogen and oxygen atoms in total. The summed E-state index contributed by atoms with van der Waals surface area (Å²) in [5, 5.41) is 14.2. The Morgan fingerprint density at radius 2 is 2.07 bits per heavy atom. The molecule has 0 aliphatic carbocycles. The number of hydrogen-bond acceptors (Lipinski definition) is 5. The summed E-state index contributed by atoms with van der Waals surface area (Å²) in [6, 6.07) is 11.0. The largest absolute Gasteiger partial charge is 0.442 e. The molecule has 2 aromatic carbocycles. The number of benzene rings is 2. The number of nitrogens with one attached hydrogen (secondary N) is 1. The van der Waals surface area contributed by atoms with E-state index in [2.05, 4.69) is 10.5 Å². The Bertz CT molecular complexity index is 930. The minimum Gasteiger partial charge on any atom is -0.442 e. The SMILES string of the molecule is CC(=O)NC[C@H]1CN(c2ccc(-c3ccc(C(N)=NO)cc3)c(F)c2)C(=O)O1. The average molecular weight is 386 g/mol. The number of amidine groups is 1. The monoisotopic (exact) mass is 386 g/mol. The zero-order valence-corrected chi connectivity index (χ0v) is 15.1. The van der Waals surface area contributed by atoms with E-state index in [0.717, 1.165) is 0 Å². The molecule has 9 heteroatoms. The smallest absolute Gasteiger partial charge is 0.414 e. The summed E-state index contributed by atoms with van der Waals surface area (Å²) in [6.45, 7) is 1.79. The van der Waals surface area contributed by atoms with E-state index >= 15 is 0 Å². The molecule has 1 heterocycles. The summed E-state index contributed by atoms with van der Waals surface area (Å²) in [6.07, 6.45) is -1.09. The third-order valence-corrected chi connectivity index (χ3v) is 4.32. The van der Waals surface area contributed by atoms with Crippen LogP contribution >= 0.6 is 0 Å². The van der Waals surface area contributed by atoms with Crippen molar-refractivity contribution >= 4 is 23.5 Å². The first-order valence-corrected chi connectivity index (χ1v) is 8.49. The maximum absolute atomic E-state index is 14.7. The molecule has 146 valence electrons. The molecule has 1 aliphatic rings. The fraction of sp³-hybridized carbons (Fsp3) is 0.211. The molecular weight excluding hydrogens is 367 g/mol. The van der Waals surface area contributed by atoms with Gasteiger partial charge in [0, 0.05) is 18.1 Å². The number of ether oxygens (including phenoxy) is 1. The predicted molar refractivity (Wildman–Crippen MR) is 101 cm³/mol. The lowest BCUT2D eigenvalue weighted by atomic mass is 10.0. The van der Waals surface area contributed by atoms with Gasteiger partial charge in [0.25, 0.3) is 0 Å². The van der Waals surface area contributed by atoms with Crippen LogP contribution in [0.1, 0.15) is 12.5 Å². The Labute approximate surface area is 160 Å². The summed E-state index contributed by atoms with van der Waals surface area (Å²) in [4.78, 5) is 24.4. The van der Waals surface area contributed by atoms with Gasteiger partial charge in [-0.1, -0.05) is 29.4 Å². The van der Waals surface area contributed by atoms with Crippen molar-refractivity contribution in [3.63, 3.8) is 0 Å². The van der Waals surface area contributed by atoms with Gasteiger partial charge in [0.1, 0.15) is 11.9 Å². The van der Waals surface area contributed by atoms with E-state index in [1.807, 2.05) is 0 Å². The highest BCUT2D eigenvalue weighted by Crippen LogP contribution is 2.29. The maximum atomic E-state index is 14.7. The fourth-order valence-electron chi connectivity index (χ4n) is 2.88. The van der Waals surface area contributed by atoms with Crippen LogP contribution in [0.2, 0.25) is 0 Å². The minimum atomic E-state index is -0.592. The van der Waals surface area contributed by atoms with Crippen molar-refractivity contribution in [2.24, 2.45) is 10.9 Å². The maximum Gasteiger partial charge on any atom is 0.414 e. The van der Waals surface area contributed by atoms with E-state index in [0.29, 0.717) is 22.4 Å². The number of nitrogens with zero attached hydrogens (tertiary/aromatic N) is 2. The molecule has 0 radical (unpaired) electrons. The van der Waals surface area contributed by atoms with Crippen LogP contribution in [0.25, 0.3) is 11.1 Å². The van der Waals surface area contributed by atoms with Crippen LogP contribution in [-0.2, 0) is 9.53 Å². The standard InChI is InChI=1S/C19H19FN4O4/c1-11(25)22-9-15-10-24(19(26)28-15)14-6-7-16(17(20)8-14)12-2-4-13(5-3-12)18(21)23-27/h2-8,15,27H,9-10H2,1H3,(H2,21,23)(H,22,25)/t15-/m0/s1. The molecule has 0 bridgehead atoms. The number of nitrogens with two attached hydrogens (primary N) is 1. The van der Waals surface area contributed by atoms with E-state index in [1.54, 1.807) is 36.4 Å². The third kappa shape index (κ3) is 4.03. The highest BCUT2D eigenvalue weighted by atomic mass is 19.1. The molecule has 2 amide bonds. The molecule has 0 saturated carbocycles. The van der Waals surface area contributed by atoms with Crippen LogP contribution in [0.15, 0.2) is 47.6 Å². The molecule has 1 saturated heterocycles. The first-order valence-electron chi connectivity index (χ1n) is 8.49. The van der Waals surface area contributed by atoms with Crippen molar-refractivity contribution in [2.75, 3.05) is 18.0 Å². The number of hydrogen-bond donors (Lipinski definition) is 3. The Morgan fingerprint density at radius 1 is 1.36 bits per heavy atom. The molecule has 28 heavy (non-hydrogen) atoms. The van der Waals surface area contributed by atoms with E-state index < -0.39 is 18.0 Å². The normalized spacial score (nSPS) is 16.8. The molecule has 1 atom stereocenters. The van der Waals surface area contributed by atoms with Crippen LogP contribution in [0.4, 0.5) is 14.9 Å². The molecule has 0 aromatic heterocycles. The van der Waals surface area contributed by atoms with Crippen molar-refractivity contribution in [1.82, 2.24) is 5.32 Å². The van der Waals surface area contributed by atoms with Crippen molar-refractivity contribution in [3.05, 3.63) is 53.8 Å². The van der Waals surface area contributed by atoms with Crippen LogP contribution in [-0.4, -0.2) is 42.2 Å². The quantitative estimate of drug-likeness (QED) is 0.315. The van der Waals surface area contributed by atoms with Gasteiger partial charge < -0.3 is 21.0 Å². The molecule has 2 aromatic rings. The summed E-state index contributed by atoms with van der Waals surface area (Å²) >= 11 is 0. The first kappa shape index (κ1) is 19.2. The van der Waals surface area contributed by atoms with Crippen molar-refractivity contribution in [1.29, 1.82) is 0 Å². The van der Waals surface area contributed by atoms with Gasteiger partial charge in [0.2, 0.25) is 5.91 Å². The summed E-state index contributed by atoms with van der Waals surface area (Å²) in [7, 11) is 0. The van der Waals surface area contributed by atoms with E-state index in [4.69, 9.17) is 15.7 Å². The summed E-state index contributed by atoms with van der Waals surface area (Å²) in [5.41, 5.74) is 7.34. The minimum absolute atomic E-state index is 0.0382. The van der Waals surface area contributed by atoms with Crippen molar-refractivity contribution in [2.45, 2.75) is 13.0 Å². The lowest BCUT2D eigenvalue weighted by Gasteiger charge is -2.14. The Kier molecular flexibility index (Phi) is 5.44. The number of halogens is 1. The van der Waals surface area contributed by atoms with Gasteiger partial charge in [0.15, 0.2) is 5.84 Å². The molecule has 0 spiro atoms. The van der Waals surface area contributed by atoms with Crippen molar-refractivity contribution < 1.29 is 23.9 Å². The van der Waals surface area contributed by atoms with Crippen LogP contribution in [0.3, 0.4) is 0 Å². The lowest BCUT2D eigenvalue weighted by molar-refractivity contribution is -0.119. The van der Waals surface area contributed by atoms with E-state index in [-0.39, 0.29) is 24.8 Å². The topological polar surface area (TPSA) is 117 Å². The van der Waals surface area contributed by atoms with E-state index in [9.17, 15) is 14.0 Å². The number of carbonyl (C=O) groups excluding carboxylic acids is 2. The number of oxime groups is 1. The summed E-state index contributed by atoms with van der Waals surface area (Å²) < 4.78 is 19.9. The highest BCUT2D eigenvalue weighted by molar-refractivity contribution is 5.97. The van der Waals surface area contributed by atoms with Gasteiger partial charge in [-0.2, -0.15) is 0 Å². The second kappa shape index (κ2) is 7.95. The van der Waals surface area contributed by atoms with E-state index in [1.165, 1.54) is 17.9 Å². The number of cyclic esters (lactones) is 1. The zero-order valence-electron chi connectivity index (χ0n) is 15.1. The Hall–Kier alpha value is -3.62. The number of amides is 2. The molecular formula is C19H19FN4O4.